The monoisotopic (exact) mass is 296 g/mol. The first-order chi connectivity index (χ1) is 9.43. The van der Waals surface area contributed by atoms with Gasteiger partial charge in [-0.05, 0) is 18.2 Å². The van der Waals surface area contributed by atoms with E-state index in [9.17, 15) is 14.7 Å². The number of hydrogen-bond acceptors (Lipinski definition) is 3. The van der Waals surface area contributed by atoms with Crippen LogP contribution in [0.5, 0.6) is 0 Å². The Bertz CT molecular complexity index is 545. The Hall–Kier alpha value is -1.59. The highest BCUT2D eigenvalue weighted by molar-refractivity contribution is 6.31. The van der Waals surface area contributed by atoms with Crippen molar-refractivity contribution in [2.75, 3.05) is 32.1 Å². The molecular weight excluding hydrogens is 280 g/mol. The second-order valence-electron chi connectivity index (χ2n) is 5.12. The molecule has 0 radical (unpaired) electrons. The first-order valence-electron chi connectivity index (χ1n) is 6.36. The third kappa shape index (κ3) is 2.78. The number of aliphatic hydroxyl groups is 1. The lowest BCUT2D eigenvalue weighted by Crippen LogP contribution is -2.29. The summed E-state index contributed by atoms with van der Waals surface area (Å²) < 4.78 is 0. The van der Waals surface area contributed by atoms with Crippen LogP contribution in [-0.4, -0.2) is 49.1 Å². The van der Waals surface area contributed by atoms with Crippen molar-refractivity contribution in [2.24, 2.45) is 5.92 Å². The maximum absolute atomic E-state index is 12.2. The lowest BCUT2D eigenvalue weighted by atomic mass is 10.1. The molecule has 1 aliphatic rings. The molecule has 0 aliphatic carbocycles. The van der Waals surface area contributed by atoms with Crippen LogP contribution in [0.3, 0.4) is 0 Å². The average molecular weight is 297 g/mol. The minimum Gasteiger partial charge on any atom is -0.396 e. The number of aliphatic hydroxyl groups excluding tert-OH is 1. The number of anilines is 1. The van der Waals surface area contributed by atoms with E-state index in [0.717, 1.165) is 0 Å². The molecule has 1 N–H and O–H groups in total. The SMILES string of the molecule is CN(C)C(=O)c1ccc(Cl)cc1N1CC(CO)CC1=O. The van der Waals surface area contributed by atoms with E-state index in [4.69, 9.17) is 11.6 Å². The Morgan fingerprint density at radius 1 is 1.50 bits per heavy atom. The molecule has 0 aromatic heterocycles. The molecule has 1 heterocycles. The van der Waals surface area contributed by atoms with Gasteiger partial charge in [0.25, 0.3) is 5.91 Å². The molecule has 2 amide bonds. The molecule has 0 saturated carbocycles. The van der Waals surface area contributed by atoms with Gasteiger partial charge in [-0.3, -0.25) is 9.59 Å². The van der Waals surface area contributed by atoms with Crippen molar-refractivity contribution in [3.8, 4) is 0 Å². The van der Waals surface area contributed by atoms with E-state index in [0.29, 0.717) is 29.2 Å². The van der Waals surface area contributed by atoms with Gasteiger partial charge in [0.05, 0.1) is 11.3 Å². The number of carbonyl (C=O) groups excluding carboxylic acids is 2. The lowest BCUT2D eigenvalue weighted by molar-refractivity contribution is -0.117. The first kappa shape index (κ1) is 14.8. The van der Waals surface area contributed by atoms with Crippen molar-refractivity contribution < 1.29 is 14.7 Å². The Balaban J connectivity index is 2.42. The van der Waals surface area contributed by atoms with Gasteiger partial charge in [-0.25, -0.2) is 0 Å². The summed E-state index contributed by atoms with van der Waals surface area (Å²) >= 11 is 5.99. The van der Waals surface area contributed by atoms with Gasteiger partial charge in [-0.1, -0.05) is 11.6 Å². The van der Waals surface area contributed by atoms with Gasteiger partial charge in [0.15, 0.2) is 0 Å². The molecule has 1 aliphatic heterocycles. The molecule has 0 spiro atoms. The van der Waals surface area contributed by atoms with Crippen molar-refractivity contribution in [1.82, 2.24) is 4.90 Å². The number of carbonyl (C=O) groups is 2. The molecule has 1 atom stereocenters. The van der Waals surface area contributed by atoms with Crippen molar-refractivity contribution >= 4 is 29.1 Å². The van der Waals surface area contributed by atoms with E-state index in [1.807, 2.05) is 0 Å². The second kappa shape index (κ2) is 5.81. The van der Waals surface area contributed by atoms with Crippen LogP contribution in [0.1, 0.15) is 16.8 Å². The van der Waals surface area contributed by atoms with Gasteiger partial charge >= 0.3 is 0 Å². The fourth-order valence-electron chi connectivity index (χ4n) is 2.29. The highest BCUT2D eigenvalue weighted by Gasteiger charge is 2.32. The average Bonchev–Trinajstić information content (AvgIpc) is 2.79. The fraction of sp³-hybridized carbons (Fsp3) is 0.429. The van der Waals surface area contributed by atoms with Crippen molar-refractivity contribution in [2.45, 2.75) is 6.42 Å². The summed E-state index contributed by atoms with van der Waals surface area (Å²) in [4.78, 5) is 27.2. The van der Waals surface area contributed by atoms with Crippen LogP contribution in [0.15, 0.2) is 18.2 Å². The number of rotatable bonds is 3. The summed E-state index contributed by atoms with van der Waals surface area (Å²) in [6.07, 6.45) is 0.290. The van der Waals surface area contributed by atoms with Gasteiger partial charge in [0, 0.05) is 44.6 Å². The Labute approximate surface area is 122 Å². The Kier molecular flexibility index (Phi) is 4.30. The predicted octanol–water partition coefficient (Wildman–Crippen LogP) is 1.39. The topological polar surface area (TPSA) is 60.9 Å². The van der Waals surface area contributed by atoms with E-state index in [1.54, 1.807) is 32.3 Å². The van der Waals surface area contributed by atoms with Crippen molar-refractivity contribution in [3.05, 3.63) is 28.8 Å². The first-order valence-corrected chi connectivity index (χ1v) is 6.74. The minimum atomic E-state index is -0.183. The normalized spacial score (nSPS) is 18.5. The van der Waals surface area contributed by atoms with Crippen LogP contribution in [0, 0.1) is 5.92 Å². The van der Waals surface area contributed by atoms with E-state index < -0.39 is 0 Å². The minimum absolute atomic E-state index is 0.0419. The molecule has 1 unspecified atom stereocenters. The smallest absolute Gasteiger partial charge is 0.255 e. The zero-order chi connectivity index (χ0) is 14.9. The van der Waals surface area contributed by atoms with Gasteiger partial charge < -0.3 is 14.9 Å². The molecule has 1 aromatic rings. The maximum Gasteiger partial charge on any atom is 0.255 e. The molecule has 1 fully saturated rings. The molecule has 6 heteroatoms. The molecule has 20 heavy (non-hydrogen) atoms. The highest BCUT2D eigenvalue weighted by Crippen LogP contribution is 2.31. The molecule has 108 valence electrons. The van der Waals surface area contributed by atoms with Gasteiger partial charge in [-0.15, -0.1) is 0 Å². The number of hydrogen-bond donors (Lipinski definition) is 1. The van der Waals surface area contributed by atoms with Crippen LogP contribution in [0.2, 0.25) is 5.02 Å². The van der Waals surface area contributed by atoms with Crippen LogP contribution >= 0.6 is 11.6 Å². The Morgan fingerprint density at radius 2 is 2.20 bits per heavy atom. The summed E-state index contributed by atoms with van der Waals surface area (Å²) in [5.74, 6) is -0.375. The second-order valence-corrected chi connectivity index (χ2v) is 5.55. The summed E-state index contributed by atoms with van der Waals surface area (Å²) in [5, 5.41) is 9.66. The number of halogens is 1. The standard InChI is InChI=1S/C14H17ClN2O3/c1-16(2)14(20)11-4-3-10(15)6-12(11)17-7-9(8-18)5-13(17)19/h3-4,6,9,18H,5,7-8H2,1-2H3. The van der Waals surface area contributed by atoms with Gasteiger partial charge in [0.2, 0.25) is 5.91 Å². The summed E-state index contributed by atoms with van der Waals surface area (Å²) in [7, 11) is 3.31. The molecule has 0 bridgehead atoms. The maximum atomic E-state index is 12.2. The summed E-state index contributed by atoms with van der Waals surface area (Å²) in [5.41, 5.74) is 0.948. The highest BCUT2D eigenvalue weighted by atomic mass is 35.5. The van der Waals surface area contributed by atoms with E-state index in [2.05, 4.69) is 0 Å². The number of nitrogens with zero attached hydrogens (tertiary/aromatic N) is 2. The lowest BCUT2D eigenvalue weighted by Gasteiger charge is -2.21. The van der Waals surface area contributed by atoms with Crippen molar-refractivity contribution in [1.29, 1.82) is 0 Å². The van der Waals surface area contributed by atoms with E-state index in [1.165, 1.54) is 9.80 Å². The van der Waals surface area contributed by atoms with E-state index in [-0.39, 0.29) is 24.3 Å². The fourth-order valence-corrected chi connectivity index (χ4v) is 2.45. The van der Waals surface area contributed by atoms with Crippen LogP contribution in [0.25, 0.3) is 0 Å². The van der Waals surface area contributed by atoms with Crippen LogP contribution in [0.4, 0.5) is 5.69 Å². The third-order valence-electron chi connectivity index (χ3n) is 3.35. The summed E-state index contributed by atoms with van der Waals surface area (Å²) in [6, 6.07) is 4.88. The molecule has 5 nitrogen and oxygen atoms in total. The van der Waals surface area contributed by atoms with E-state index >= 15 is 0 Å². The zero-order valence-corrected chi connectivity index (χ0v) is 12.2. The number of amides is 2. The predicted molar refractivity (Wildman–Crippen MR) is 77.0 cm³/mol. The van der Waals surface area contributed by atoms with Crippen molar-refractivity contribution in [3.63, 3.8) is 0 Å². The summed E-state index contributed by atoms with van der Waals surface area (Å²) in [6.45, 7) is 0.364. The largest absolute Gasteiger partial charge is 0.396 e. The Morgan fingerprint density at radius 3 is 2.75 bits per heavy atom. The molecule has 1 aromatic carbocycles. The molecular formula is C14H17ClN2O3. The number of benzene rings is 1. The quantitative estimate of drug-likeness (QED) is 0.917. The zero-order valence-electron chi connectivity index (χ0n) is 11.5. The van der Waals surface area contributed by atoms with Crippen LogP contribution in [-0.2, 0) is 4.79 Å². The van der Waals surface area contributed by atoms with Crippen LogP contribution < -0.4 is 4.90 Å². The third-order valence-corrected chi connectivity index (χ3v) is 3.59. The van der Waals surface area contributed by atoms with Gasteiger partial charge in [-0.2, -0.15) is 0 Å². The molecule has 2 rings (SSSR count). The van der Waals surface area contributed by atoms with Gasteiger partial charge in [0.1, 0.15) is 0 Å². The molecule has 1 saturated heterocycles.